The molecule has 3 rings (SSSR count). The van der Waals surface area contributed by atoms with Crippen molar-refractivity contribution < 1.29 is 33.3 Å². The van der Waals surface area contributed by atoms with Crippen LogP contribution in [0.2, 0.25) is 0 Å². The lowest BCUT2D eigenvalue weighted by atomic mass is 10.1. The molecule has 0 aromatic heterocycles. The summed E-state index contributed by atoms with van der Waals surface area (Å²) < 4.78 is 26.8. The number of hydrogen-bond acceptors (Lipinski definition) is 7. The lowest BCUT2D eigenvalue weighted by molar-refractivity contribution is -0.122. The predicted octanol–water partition coefficient (Wildman–Crippen LogP) is 4.68. The van der Waals surface area contributed by atoms with Crippen LogP contribution >= 0.6 is 0 Å². The third-order valence-electron chi connectivity index (χ3n) is 5.68. The Balaban J connectivity index is 1.84. The Kier molecular flexibility index (Phi) is 9.60. The van der Waals surface area contributed by atoms with Gasteiger partial charge in [-0.15, -0.1) is 0 Å². The molecule has 0 fully saturated rings. The van der Waals surface area contributed by atoms with E-state index in [4.69, 9.17) is 23.7 Å². The maximum Gasteiger partial charge on any atom is 0.227 e. The van der Waals surface area contributed by atoms with E-state index in [1.807, 2.05) is 24.3 Å². The molecular formula is C28H32N2O7. The van der Waals surface area contributed by atoms with Crippen LogP contribution in [0.15, 0.2) is 60.7 Å². The highest BCUT2D eigenvalue weighted by Gasteiger charge is 2.22. The average Bonchev–Trinajstić information content (AvgIpc) is 2.94. The number of anilines is 2. The highest BCUT2D eigenvalue weighted by molar-refractivity contribution is 5.98. The van der Waals surface area contributed by atoms with Crippen molar-refractivity contribution in [3.63, 3.8) is 0 Å². The Labute approximate surface area is 216 Å². The van der Waals surface area contributed by atoms with Crippen molar-refractivity contribution >= 4 is 23.2 Å². The van der Waals surface area contributed by atoms with E-state index < -0.39 is 0 Å². The van der Waals surface area contributed by atoms with E-state index in [-0.39, 0.29) is 31.2 Å². The molecule has 37 heavy (non-hydrogen) atoms. The molecule has 0 aliphatic carbocycles. The molecule has 0 saturated heterocycles. The van der Waals surface area contributed by atoms with E-state index in [2.05, 4.69) is 5.32 Å². The molecule has 0 radical (unpaired) electrons. The largest absolute Gasteiger partial charge is 0.497 e. The highest BCUT2D eigenvalue weighted by atomic mass is 16.5. The van der Waals surface area contributed by atoms with Crippen molar-refractivity contribution in [3.05, 3.63) is 66.2 Å². The summed E-state index contributed by atoms with van der Waals surface area (Å²) in [5.74, 6) is 2.07. The summed E-state index contributed by atoms with van der Waals surface area (Å²) in [7, 11) is 7.69. The van der Waals surface area contributed by atoms with Crippen LogP contribution in [0, 0.1) is 0 Å². The first kappa shape index (κ1) is 27.2. The van der Waals surface area contributed by atoms with Gasteiger partial charge in [-0.2, -0.15) is 0 Å². The molecule has 3 aromatic rings. The van der Waals surface area contributed by atoms with Crippen molar-refractivity contribution in [2.24, 2.45) is 0 Å². The number of nitrogens with one attached hydrogen (secondary N) is 1. The first-order valence-electron chi connectivity index (χ1n) is 11.6. The number of ether oxygens (including phenoxy) is 5. The van der Waals surface area contributed by atoms with Gasteiger partial charge in [-0.1, -0.05) is 18.2 Å². The molecule has 3 aromatic carbocycles. The summed E-state index contributed by atoms with van der Waals surface area (Å²) in [6.07, 6.45) is -0.0117. The van der Waals surface area contributed by atoms with Gasteiger partial charge in [-0.3, -0.25) is 9.59 Å². The van der Waals surface area contributed by atoms with Gasteiger partial charge in [0.25, 0.3) is 0 Å². The second kappa shape index (κ2) is 13.1. The van der Waals surface area contributed by atoms with E-state index in [9.17, 15) is 9.59 Å². The van der Waals surface area contributed by atoms with Crippen molar-refractivity contribution in [2.75, 3.05) is 45.8 Å². The van der Waals surface area contributed by atoms with Gasteiger partial charge < -0.3 is 33.9 Å². The molecular weight excluding hydrogens is 476 g/mol. The lowest BCUT2D eigenvalue weighted by Crippen LogP contribution is -2.31. The Hall–Kier alpha value is -4.40. The molecule has 2 amide bonds. The molecule has 9 nitrogen and oxygen atoms in total. The van der Waals surface area contributed by atoms with Crippen molar-refractivity contribution in [1.29, 1.82) is 0 Å². The van der Waals surface area contributed by atoms with Gasteiger partial charge in [0.15, 0.2) is 11.5 Å². The minimum atomic E-state index is -0.282. The van der Waals surface area contributed by atoms with E-state index >= 15 is 0 Å². The SMILES string of the molecule is COc1ccc(CN(C(=O)CCC(=O)Nc2cccc(OC)c2)c2cc(OC)c(OC)c(OC)c2)cc1. The van der Waals surface area contributed by atoms with Crippen LogP contribution in [0.25, 0.3) is 0 Å². The summed E-state index contributed by atoms with van der Waals surface area (Å²) in [4.78, 5) is 27.7. The zero-order chi connectivity index (χ0) is 26.8. The molecule has 0 aliphatic rings. The number of carbonyl (C=O) groups is 2. The number of hydrogen-bond donors (Lipinski definition) is 1. The van der Waals surface area contributed by atoms with Gasteiger partial charge in [0, 0.05) is 36.7 Å². The Morgan fingerprint density at radius 1 is 0.730 bits per heavy atom. The van der Waals surface area contributed by atoms with Crippen LogP contribution in [-0.4, -0.2) is 47.4 Å². The van der Waals surface area contributed by atoms with Crippen LogP contribution < -0.4 is 33.9 Å². The number of nitrogens with zero attached hydrogens (tertiary/aromatic N) is 1. The summed E-state index contributed by atoms with van der Waals surface area (Å²) in [5, 5.41) is 2.80. The Morgan fingerprint density at radius 2 is 1.38 bits per heavy atom. The minimum absolute atomic E-state index is 0.000417. The van der Waals surface area contributed by atoms with E-state index in [1.165, 1.54) is 21.3 Å². The zero-order valence-electron chi connectivity index (χ0n) is 21.7. The molecule has 0 unspecified atom stereocenters. The van der Waals surface area contributed by atoms with Crippen LogP contribution in [0.5, 0.6) is 28.7 Å². The predicted molar refractivity (Wildman–Crippen MR) is 141 cm³/mol. The second-order valence-electron chi connectivity index (χ2n) is 7.99. The Bertz CT molecular complexity index is 1190. The molecule has 0 atom stereocenters. The first-order chi connectivity index (χ1) is 17.9. The van der Waals surface area contributed by atoms with E-state index in [0.29, 0.717) is 40.1 Å². The molecule has 0 spiro atoms. The summed E-state index contributed by atoms with van der Waals surface area (Å²) >= 11 is 0. The van der Waals surface area contributed by atoms with Gasteiger partial charge in [0.2, 0.25) is 17.6 Å². The van der Waals surface area contributed by atoms with Gasteiger partial charge >= 0.3 is 0 Å². The van der Waals surface area contributed by atoms with Crippen LogP contribution in [0.3, 0.4) is 0 Å². The third-order valence-corrected chi connectivity index (χ3v) is 5.68. The first-order valence-corrected chi connectivity index (χ1v) is 11.6. The van der Waals surface area contributed by atoms with E-state index in [1.54, 1.807) is 55.5 Å². The maximum atomic E-state index is 13.5. The molecule has 196 valence electrons. The van der Waals surface area contributed by atoms with Crippen molar-refractivity contribution in [1.82, 2.24) is 0 Å². The van der Waals surface area contributed by atoms with Crippen LogP contribution in [-0.2, 0) is 16.1 Å². The lowest BCUT2D eigenvalue weighted by Gasteiger charge is -2.25. The van der Waals surface area contributed by atoms with Gasteiger partial charge in [0.1, 0.15) is 11.5 Å². The van der Waals surface area contributed by atoms with Gasteiger partial charge in [-0.05, 0) is 29.8 Å². The number of methoxy groups -OCH3 is 5. The number of benzene rings is 3. The maximum absolute atomic E-state index is 13.5. The fourth-order valence-corrected chi connectivity index (χ4v) is 3.74. The number of amides is 2. The number of rotatable bonds is 12. The smallest absolute Gasteiger partial charge is 0.227 e. The van der Waals surface area contributed by atoms with Crippen molar-refractivity contribution in [3.8, 4) is 28.7 Å². The molecule has 0 saturated carbocycles. The normalized spacial score (nSPS) is 10.3. The Morgan fingerprint density at radius 3 is 1.95 bits per heavy atom. The third kappa shape index (κ3) is 7.07. The van der Waals surface area contributed by atoms with Gasteiger partial charge in [0.05, 0.1) is 47.8 Å². The standard InChI is InChI=1S/C28H32N2O7/c1-33-22-11-9-19(10-12-22)18-30(21-16-24(35-3)28(37-5)25(17-21)36-4)27(32)14-13-26(31)29-20-7-6-8-23(15-20)34-2/h6-12,15-17H,13-14,18H2,1-5H3,(H,29,31). The van der Waals surface area contributed by atoms with E-state index in [0.717, 1.165) is 5.56 Å². The molecule has 1 N–H and O–H groups in total. The molecule has 9 heteroatoms. The second-order valence-corrected chi connectivity index (χ2v) is 7.99. The van der Waals surface area contributed by atoms with Crippen LogP contribution in [0.4, 0.5) is 11.4 Å². The highest BCUT2D eigenvalue weighted by Crippen LogP contribution is 2.41. The topological polar surface area (TPSA) is 95.6 Å². The fourth-order valence-electron chi connectivity index (χ4n) is 3.74. The fraction of sp³-hybridized carbons (Fsp3) is 0.286. The van der Waals surface area contributed by atoms with Crippen LogP contribution in [0.1, 0.15) is 18.4 Å². The quantitative estimate of drug-likeness (QED) is 0.379. The minimum Gasteiger partial charge on any atom is -0.497 e. The summed E-state index contributed by atoms with van der Waals surface area (Å²) in [5.41, 5.74) is 2.02. The monoisotopic (exact) mass is 508 g/mol. The number of carbonyl (C=O) groups excluding carboxylic acids is 2. The molecule has 0 heterocycles. The van der Waals surface area contributed by atoms with Gasteiger partial charge in [-0.25, -0.2) is 0 Å². The van der Waals surface area contributed by atoms with Crippen molar-refractivity contribution in [2.45, 2.75) is 19.4 Å². The zero-order valence-corrected chi connectivity index (χ0v) is 21.7. The average molecular weight is 509 g/mol. The molecule has 0 bridgehead atoms. The summed E-state index contributed by atoms with van der Waals surface area (Å²) in [6.45, 7) is 0.263. The molecule has 0 aliphatic heterocycles. The summed E-state index contributed by atoms with van der Waals surface area (Å²) in [6, 6.07) is 17.9.